The van der Waals surface area contributed by atoms with E-state index in [-0.39, 0.29) is 5.91 Å². The monoisotopic (exact) mass is 324 g/mol. The number of rotatable bonds is 7. The molecule has 5 nitrogen and oxygen atoms in total. The Bertz CT molecular complexity index is 347. The van der Waals surface area contributed by atoms with E-state index >= 15 is 0 Å². The number of nitrogens with zero attached hydrogens (tertiary/aromatic N) is 1. The fourth-order valence-corrected chi connectivity index (χ4v) is 4.34. The largest absolute Gasteiger partial charge is 0.311 e. The summed E-state index contributed by atoms with van der Waals surface area (Å²) in [7, 11) is 0. The van der Waals surface area contributed by atoms with E-state index in [1.165, 1.54) is 57.8 Å². The Morgan fingerprint density at radius 1 is 1.04 bits per heavy atom. The van der Waals surface area contributed by atoms with E-state index in [0.29, 0.717) is 24.5 Å². The van der Waals surface area contributed by atoms with E-state index in [4.69, 9.17) is 5.84 Å². The Balaban J connectivity index is 1.75. The molecule has 0 atom stereocenters. The molecule has 2 aliphatic carbocycles. The van der Waals surface area contributed by atoms with E-state index in [9.17, 15) is 4.79 Å². The van der Waals surface area contributed by atoms with Gasteiger partial charge in [0, 0.05) is 37.1 Å². The summed E-state index contributed by atoms with van der Waals surface area (Å²) in [5, 5.41) is 3.91. The van der Waals surface area contributed by atoms with Crippen LogP contribution in [0.15, 0.2) is 0 Å². The molecule has 2 aliphatic rings. The third-order valence-corrected chi connectivity index (χ3v) is 5.66. The first-order valence-electron chi connectivity index (χ1n) is 9.61. The highest BCUT2D eigenvalue weighted by molar-refractivity contribution is 5.75. The summed E-state index contributed by atoms with van der Waals surface area (Å²) >= 11 is 0. The van der Waals surface area contributed by atoms with Crippen LogP contribution in [-0.4, -0.2) is 41.5 Å². The molecule has 0 aromatic heterocycles. The van der Waals surface area contributed by atoms with Crippen LogP contribution in [0.2, 0.25) is 0 Å². The van der Waals surface area contributed by atoms with Gasteiger partial charge < -0.3 is 5.32 Å². The first-order valence-corrected chi connectivity index (χ1v) is 9.61. The van der Waals surface area contributed by atoms with Crippen molar-refractivity contribution in [2.45, 2.75) is 102 Å². The highest BCUT2D eigenvalue weighted by Gasteiger charge is 2.28. The van der Waals surface area contributed by atoms with E-state index in [2.05, 4.69) is 29.5 Å². The first-order chi connectivity index (χ1) is 11.1. The van der Waals surface area contributed by atoms with Gasteiger partial charge in [0.15, 0.2) is 0 Å². The molecule has 0 unspecified atom stereocenters. The molecule has 0 spiro atoms. The van der Waals surface area contributed by atoms with E-state index < -0.39 is 0 Å². The van der Waals surface area contributed by atoms with Gasteiger partial charge in [-0.2, -0.15) is 0 Å². The lowest BCUT2D eigenvalue weighted by Crippen LogP contribution is -2.48. The number of hydrogen-bond acceptors (Lipinski definition) is 4. The van der Waals surface area contributed by atoms with Gasteiger partial charge in [-0.25, -0.2) is 5.84 Å². The molecule has 0 aromatic carbocycles. The second-order valence-corrected chi connectivity index (χ2v) is 7.66. The lowest BCUT2D eigenvalue weighted by Gasteiger charge is -2.40. The standard InChI is InChI=1S/C18H36N4O/c1-14(2)22(13-12-18(23)21-19)17-10-8-16(9-11-17)20-15-6-4-3-5-7-15/h14-17,20H,3-13,19H2,1-2H3,(H,21,23). The van der Waals surface area contributed by atoms with Crippen LogP contribution < -0.4 is 16.6 Å². The van der Waals surface area contributed by atoms with Crippen molar-refractivity contribution in [3.63, 3.8) is 0 Å². The third-order valence-electron chi connectivity index (χ3n) is 5.66. The second kappa shape index (κ2) is 9.60. The van der Waals surface area contributed by atoms with Crippen LogP contribution in [0.3, 0.4) is 0 Å². The van der Waals surface area contributed by atoms with Gasteiger partial charge in [-0.05, 0) is 52.4 Å². The van der Waals surface area contributed by atoms with Crippen molar-refractivity contribution in [2.24, 2.45) is 5.84 Å². The highest BCUT2D eigenvalue weighted by Crippen LogP contribution is 2.27. The zero-order chi connectivity index (χ0) is 16.7. The summed E-state index contributed by atoms with van der Waals surface area (Å²) < 4.78 is 0. The molecular formula is C18H36N4O. The Hall–Kier alpha value is -0.650. The summed E-state index contributed by atoms with van der Waals surface area (Å²) in [6, 6.07) is 2.56. The van der Waals surface area contributed by atoms with Crippen LogP contribution >= 0.6 is 0 Å². The molecule has 23 heavy (non-hydrogen) atoms. The van der Waals surface area contributed by atoms with Gasteiger partial charge in [0.25, 0.3) is 0 Å². The molecule has 0 aromatic rings. The predicted octanol–water partition coefficient (Wildman–Crippen LogP) is 2.31. The summed E-state index contributed by atoms with van der Waals surface area (Å²) in [4.78, 5) is 13.9. The molecule has 0 radical (unpaired) electrons. The van der Waals surface area contributed by atoms with Crippen LogP contribution in [0, 0.1) is 0 Å². The molecule has 0 saturated heterocycles. The van der Waals surface area contributed by atoms with Gasteiger partial charge in [0.2, 0.25) is 5.91 Å². The summed E-state index contributed by atoms with van der Waals surface area (Å²) in [5.41, 5.74) is 2.24. The number of hydrazine groups is 1. The fraction of sp³-hybridized carbons (Fsp3) is 0.944. The minimum absolute atomic E-state index is 0.0664. The van der Waals surface area contributed by atoms with Crippen molar-refractivity contribution >= 4 is 5.91 Å². The van der Waals surface area contributed by atoms with Crippen LogP contribution in [0.5, 0.6) is 0 Å². The minimum Gasteiger partial charge on any atom is -0.311 e. The Kier molecular flexibility index (Phi) is 7.80. The lowest BCUT2D eigenvalue weighted by molar-refractivity contribution is -0.121. The van der Waals surface area contributed by atoms with Gasteiger partial charge >= 0.3 is 0 Å². The Labute approximate surface area is 141 Å². The molecule has 2 saturated carbocycles. The average Bonchev–Trinajstić information content (AvgIpc) is 2.57. The summed E-state index contributed by atoms with van der Waals surface area (Å²) in [5.74, 6) is 5.13. The Morgan fingerprint density at radius 2 is 1.65 bits per heavy atom. The van der Waals surface area contributed by atoms with Crippen LogP contribution in [-0.2, 0) is 4.79 Å². The highest BCUT2D eigenvalue weighted by atomic mass is 16.2. The van der Waals surface area contributed by atoms with Crippen molar-refractivity contribution in [1.82, 2.24) is 15.6 Å². The minimum atomic E-state index is -0.0664. The zero-order valence-electron chi connectivity index (χ0n) is 15.0. The first kappa shape index (κ1) is 18.7. The zero-order valence-corrected chi connectivity index (χ0v) is 15.0. The molecule has 2 rings (SSSR count). The van der Waals surface area contributed by atoms with Crippen molar-refractivity contribution in [3.8, 4) is 0 Å². The number of carbonyl (C=O) groups is 1. The van der Waals surface area contributed by atoms with Gasteiger partial charge in [0.1, 0.15) is 0 Å². The van der Waals surface area contributed by atoms with E-state index in [0.717, 1.165) is 12.6 Å². The van der Waals surface area contributed by atoms with Gasteiger partial charge in [-0.3, -0.25) is 15.1 Å². The van der Waals surface area contributed by atoms with Gasteiger partial charge in [-0.1, -0.05) is 19.3 Å². The quantitative estimate of drug-likeness (QED) is 0.382. The van der Waals surface area contributed by atoms with Crippen molar-refractivity contribution < 1.29 is 4.79 Å². The van der Waals surface area contributed by atoms with Crippen LogP contribution in [0.4, 0.5) is 0 Å². The maximum atomic E-state index is 11.4. The van der Waals surface area contributed by atoms with E-state index in [1.54, 1.807) is 0 Å². The lowest BCUT2D eigenvalue weighted by atomic mass is 9.87. The summed E-state index contributed by atoms with van der Waals surface area (Å²) in [6.07, 6.45) is 12.5. The van der Waals surface area contributed by atoms with Crippen molar-refractivity contribution in [2.75, 3.05) is 6.54 Å². The SMILES string of the molecule is CC(C)N(CCC(=O)NN)C1CCC(NC2CCCCC2)CC1. The van der Waals surface area contributed by atoms with Crippen LogP contribution in [0.1, 0.15) is 78.1 Å². The molecule has 5 heteroatoms. The normalized spacial score (nSPS) is 26.7. The molecule has 134 valence electrons. The summed E-state index contributed by atoms with van der Waals surface area (Å²) in [6.45, 7) is 5.27. The van der Waals surface area contributed by atoms with E-state index in [1.807, 2.05) is 0 Å². The third kappa shape index (κ3) is 6.05. The molecule has 0 bridgehead atoms. The smallest absolute Gasteiger partial charge is 0.235 e. The Morgan fingerprint density at radius 3 is 2.22 bits per heavy atom. The number of amides is 1. The molecule has 0 aliphatic heterocycles. The molecule has 2 fully saturated rings. The maximum Gasteiger partial charge on any atom is 0.235 e. The molecule has 0 heterocycles. The van der Waals surface area contributed by atoms with Crippen molar-refractivity contribution in [3.05, 3.63) is 0 Å². The molecular weight excluding hydrogens is 288 g/mol. The number of nitrogens with two attached hydrogens (primary N) is 1. The fourth-order valence-electron chi connectivity index (χ4n) is 4.34. The number of carbonyl (C=O) groups excluding carboxylic acids is 1. The maximum absolute atomic E-state index is 11.4. The van der Waals surface area contributed by atoms with Gasteiger partial charge in [0.05, 0.1) is 0 Å². The second-order valence-electron chi connectivity index (χ2n) is 7.66. The average molecular weight is 325 g/mol. The number of hydrogen-bond donors (Lipinski definition) is 3. The topological polar surface area (TPSA) is 70.4 Å². The van der Waals surface area contributed by atoms with Gasteiger partial charge in [-0.15, -0.1) is 0 Å². The van der Waals surface area contributed by atoms with Crippen molar-refractivity contribution in [1.29, 1.82) is 0 Å². The van der Waals surface area contributed by atoms with Crippen LogP contribution in [0.25, 0.3) is 0 Å². The predicted molar refractivity (Wildman–Crippen MR) is 94.8 cm³/mol. The molecule has 4 N–H and O–H groups in total. The number of nitrogens with one attached hydrogen (secondary N) is 2. The molecule has 1 amide bonds.